The standard InChI is InChI=1S/C31H42FN3O5Si/c1-41(2,3)18-17-38-22-40-35-13-10-27-29-24(5-4-14-39-26-11-15-37-16-12-26)21-34(20-23-6-8-25(32)9-7-23)28(29)19-33-30(27)31(35)36/h6-9,19,21,26H,4-5,10-18,20,22H2,1-3H3. The van der Waals surface area contributed by atoms with Crippen molar-refractivity contribution in [1.82, 2.24) is 14.6 Å². The van der Waals surface area contributed by atoms with E-state index in [2.05, 4.69) is 35.4 Å². The minimum absolute atomic E-state index is 0.0558. The second-order valence-electron chi connectivity index (χ2n) is 12.2. The molecule has 4 heterocycles. The molecule has 0 radical (unpaired) electrons. The molecule has 3 aromatic rings. The Morgan fingerprint density at radius 2 is 1.90 bits per heavy atom. The van der Waals surface area contributed by atoms with Gasteiger partial charge >= 0.3 is 0 Å². The maximum atomic E-state index is 13.5. The SMILES string of the molecule is C[Si](C)(C)CCOCON1CCc2c(ncc3c2c(CCCOC2CCOCC2)cn3Cc2ccc(F)cc2)C1=O. The Bertz CT molecular complexity index is 1320. The molecule has 1 fully saturated rings. The number of aromatic nitrogens is 2. The Labute approximate surface area is 242 Å². The number of benzene rings is 1. The molecule has 0 saturated carbocycles. The maximum Gasteiger partial charge on any atom is 0.296 e. The van der Waals surface area contributed by atoms with E-state index in [-0.39, 0.29) is 24.6 Å². The number of ether oxygens (including phenoxy) is 3. The van der Waals surface area contributed by atoms with Crippen LogP contribution in [0.5, 0.6) is 0 Å². The van der Waals surface area contributed by atoms with E-state index >= 15 is 0 Å². The lowest BCUT2D eigenvalue weighted by molar-refractivity contribution is -0.195. The Morgan fingerprint density at radius 1 is 1.12 bits per heavy atom. The van der Waals surface area contributed by atoms with Gasteiger partial charge in [-0.3, -0.25) is 4.79 Å². The number of nitrogens with zero attached hydrogens (tertiary/aromatic N) is 3. The lowest BCUT2D eigenvalue weighted by Gasteiger charge is -2.27. The van der Waals surface area contributed by atoms with Crippen LogP contribution in [-0.2, 0) is 38.4 Å². The minimum atomic E-state index is -1.19. The monoisotopic (exact) mass is 583 g/mol. The number of pyridine rings is 1. The van der Waals surface area contributed by atoms with Gasteiger partial charge in [0.1, 0.15) is 11.5 Å². The molecule has 5 rings (SSSR count). The summed E-state index contributed by atoms with van der Waals surface area (Å²) in [4.78, 5) is 23.7. The number of fused-ring (bicyclic) bond motifs is 3. The van der Waals surface area contributed by atoms with Crippen molar-refractivity contribution >= 4 is 24.9 Å². The first-order valence-electron chi connectivity index (χ1n) is 14.7. The van der Waals surface area contributed by atoms with Crippen molar-refractivity contribution in [3.05, 3.63) is 64.9 Å². The Balaban J connectivity index is 1.32. The molecule has 41 heavy (non-hydrogen) atoms. The molecule has 0 N–H and O–H groups in total. The van der Waals surface area contributed by atoms with Gasteiger partial charge in [-0.05, 0) is 67.0 Å². The molecule has 10 heteroatoms. The van der Waals surface area contributed by atoms with Crippen molar-refractivity contribution in [3.8, 4) is 0 Å². The van der Waals surface area contributed by atoms with E-state index < -0.39 is 8.07 Å². The highest BCUT2D eigenvalue weighted by atomic mass is 28.3. The summed E-state index contributed by atoms with van der Waals surface area (Å²) in [6.07, 6.45) is 8.44. The van der Waals surface area contributed by atoms with Gasteiger partial charge in [0.05, 0.1) is 24.4 Å². The van der Waals surface area contributed by atoms with Crippen LogP contribution in [0.3, 0.4) is 0 Å². The van der Waals surface area contributed by atoms with E-state index in [0.29, 0.717) is 38.4 Å². The van der Waals surface area contributed by atoms with Crippen LogP contribution in [0.2, 0.25) is 25.7 Å². The average molecular weight is 584 g/mol. The molecule has 222 valence electrons. The molecule has 2 aliphatic rings. The van der Waals surface area contributed by atoms with E-state index in [1.807, 2.05) is 0 Å². The van der Waals surface area contributed by atoms with Crippen LogP contribution in [-0.4, -0.2) is 74.5 Å². The molecule has 0 unspecified atom stereocenters. The highest BCUT2D eigenvalue weighted by molar-refractivity contribution is 6.76. The predicted molar refractivity (Wildman–Crippen MR) is 158 cm³/mol. The summed E-state index contributed by atoms with van der Waals surface area (Å²) in [5.74, 6) is -0.485. The molecule has 2 aromatic heterocycles. The van der Waals surface area contributed by atoms with Crippen LogP contribution in [0.4, 0.5) is 4.39 Å². The normalized spacial score (nSPS) is 16.5. The number of amides is 1. The van der Waals surface area contributed by atoms with Crippen molar-refractivity contribution in [2.24, 2.45) is 0 Å². The number of carbonyl (C=O) groups excluding carboxylic acids is 1. The Morgan fingerprint density at radius 3 is 2.66 bits per heavy atom. The van der Waals surface area contributed by atoms with E-state index in [9.17, 15) is 9.18 Å². The van der Waals surface area contributed by atoms with Gasteiger partial charge < -0.3 is 18.8 Å². The number of aryl methyl sites for hydroxylation is 1. The van der Waals surface area contributed by atoms with Crippen LogP contribution in [0.1, 0.15) is 46.4 Å². The van der Waals surface area contributed by atoms with Crippen LogP contribution in [0.15, 0.2) is 36.7 Å². The summed E-state index contributed by atoms with van der Waals surface area (Å²) in [5, 5.41) is 2.47. The zero-order chi connectivity index (χ0) is 28.8. The fraction of sp³-hybridized carbons (Fsp3) is 0.548. The van der Waals surface area contributed by atoms with Crippen molar-refractivity contribution in [1.29, 1.82) is 0 Å². The summed E-state index contributed by atoms with van der Waals surface area (Å²) in [5.41, 5.74) is 4.55. The number of hydrogen-bond acceptors (Lipinski definition) is 6. The van der Waals surface area contributed by atoms with Crippen molar-refractivity contribution < 1.29 is 28.2 Å². The topological polar surface area (TPSA) is 75.1 Å². The smallest absolute Gasteiger partial charge is 0.296 e. The summed E-state index contributed by atoms with van der Waals surface area (Å²) < 4.78 is 32.9. The van der Waals surface area contributed by atoms with Crippen molar-refractivity contribution in [2.45, 2.75) is 70.4 Å². The van der Waals surface area contributed by atoms with Gasteiger partial charge in [-0.2, -0.15) is 0 Å². The highest BCUT2D eigenvalue weighted by Gasteiger charge is 2.30. The largest absolute Gasteiger partial charge is 0.381 e. The maximum absolute atomic E-state index is 13.5. The second kappa shape index (κ2) is 13.6. The second-order valence-corrected chi connectivity index (χ2v) is 17.8. The van der Waals surface area contributed by atoms with E-state index in [0.717, 1.165) is 67.0 Å². The highest BCUT2D eigenvalue weighted by Crippen LogP contribution is 2.32. The molecule has 0 spiro atoms. The van der Waals surface area contributed by atoms with Crippen LogP contribution in [0, 0.1) is 5.82 Å². The summed E-state index contributed by atoms with van der Waals surface area (Å²) >= 11 is 0. The molecule has 0 aliphatic carbocycles. The number of hydroxylamine groups is 2. The van der Waals surface area contributed by atoms with Gasteiger partial charge in [0.25, 0.3) is 5.91 Å². The van der Waals surface area contributed by atoms with Gasteiger partial charge in [-0.25, -0.2) is 19.3 Å². The van der Waals surface area contributed by atoms with E-state index in [4.69, 9.17) is 19.0 Å². The molecular weight excluding hydrogens is 541 g/mol. The molecule has 1 amide bonds. The zero-order valence-electron chi connectivity index (χ0n) is 24.5. The molecular formula is C31H42FN3O5Si. The third kappa shape index (κ3) is 7.81. The number of hydrogen-bond donors (Lipinski definition) is 0. The molecule has 2 aliphatic heterocycles. The van der Waals surface area contributed by atoms with E-state index in [1.54, 1.807) is 18.3 Å². The quantitative estimate of drug-likeness (QED) is 0.148. The fourth-order valence-electron chi connectivity index (χ4n) is 5.42. The lowest BCUT2D eigenvalue weighted by Crippen LogP contribution is -2.39. The zero-order valence-corrected chi connectivity index (χ0v) is 25.5. The molecule has 0 atom stereocenters. The Kier molecular flexibility index (Phi) is 9.87. The van der Waals surface area contributed by atoms with Crippen LogP contribution < -0.4 is 0 Å². The average Bonchev–Trinajstić information content (AvgIpc) is 3.30. The van der Waals surface area contributed by atoms with Gasteiger partial charge in [0.2, 0.25) is 0 Å². The first-order chi connectivity index (χ1) is 19.8. The molecule has 1 aromatic carbocycles. The number of carbonyl (C=O) groups is 1. The third-order valence-electron chi connectivity index (χ3n) is 7.76. The van der Waals surface area contributed by atoms with Crippen molar-refractivity contribution in [3.63, 3.8) is 0 Å². The summed E-state index contributed by atoms with van der Waals surface area (Å²) in [7, 11) is -1.19. The van der Waals surface area contributed by atoms with Crippen LogP contribution in [0.25, 0.3) is 10.9 Å². The summed E-state index contributed by atoms with van der Waals surface area (Å²) in [6.45, 7) is 10.8. The van der Waals surface area contributed by atoms with Crippen LogP contribution >= 0.6 is 0 Å². The predicted octanol–water partition coefficient (Wildman–Crippen LogP) is 5.59. The van der Waals surface area contributed by atoms with Gasteiger partial charge in [-0.15, -0.1) is 0 Å². The molecule has 1 saturated heterocycles. The van der Waals surface area contributed by atoms with Crippen molar-refractivity contribution in [2.75, 3.05) is 39.8 Å². The lowest BCUT2D eigenvalue weighted by atomic mass is 9.97. The number of rotatable bonds is 13. The first kappa shape index (κ1) is 29.8. The Hall–Kier alpha value is -2.63. The number of halogens is 1. The van der Waals surface area contributed by atoms with Gasteiger partial charge in [-0.1, -0.05) is 31.8 Å². The first-order valence-corrected chi connectivity index (χ1v) is 18.4. The van der Waals surface area contributed by atoms with Gasteiger partial charge in [0.15, 0.2) is 6.79 Å². The third-order valence-corrected chi connectivity index (χ3v) is 9.47. The molecule has 0 bridgehead atoms. The fourth-order valence-corrected chi connectivity index (χ4v) is 6.18. The molecule has 8 nitrogen and oxygen atoms in total. The minimum Gasteiger partial charge on any atom is -0.381 e. The summed E-state index contributed by atoms with van der Waals surface area (Å²) in [6, 6.07) is 7.62. The van der Waals surface area contributed by atoms with E-state index in [1.165, 1.54) is 22.8 Å². The van der Waals surface area contributed by atoms with Gasteiger partial charge in [0, 0.05) is 52.6 Å².